The highest BCUT2D eigenvalue weighted by atomic mass is 19.1. The summed E-state index contributed by atoms with van der Waals surface area (Å²) in [6.45, 7) is 0.800. The lowest BCUT2D eigenvalue weighted by molar-refractivity contribution is -0.121. The summed E-state index contributed by atoms with van der Waals surface area (Å²) < 4.78 is 46.2. The molecule has 4 nitrogen and oxygen atoms in total. The Morgan fingerprint density at radius 1 is 1.10 bits per heavy atom. The Morgan fingerprint density at radius 3 is 2.66 bits per heavy atom. The number of fused-ring (bicyclic) bond motifs is 1. The molecule has 1 fully saturated rings. The number of carbonyl (C=O) groups excluding carboxylic acids is 1. The number of ether oxygens (including phenoxy) is 1. The van der Waals surface area contributed by atoms with Gasteiger partial charge in [0.1, 0.15) is 17.5 Å². The van der Waals surface area contributed by atoms with Gasteiger partial charge in [0.05, 0.1) is 31.2 Å². The molecule has 1 amide bonds. The van der Waals surface area contributed by atoms with Crippen LogP contribution in [0.2, 0.25) is 0 Å². The van der Waals surface area contributed by atoms with Gasteiger partial charge in [0.25, 0.3) is 0 Å². The molecule has 29 heavy (non-hydrogen) atoms. The second kappa shape index (κ2) is 8.21. The smallest absolute Gasteiger partial charge is 0.224 e. The number of halogens is 3. The SMILES string of the molecule is O=C(Cc1c(F)cc(F)cc1F)N[C@H]1COC[C@H]1Cc1ccnc2ccccc12. The maximum Gasteiger partial charge on any atom is 0.224 e. The average molecular weight is 400 g/mol. The minimum absolute atomic E-state index is 0.0210. The van der Waals surface area contributed by atoms with Crippen LogP contribution in [-0.2, 0) is 22.4 Å². The summed E-state index contributed by atoms with van der Waals surface area (Å²) in [6.07, 6.45) is 1.92. The number of pyridine rings is 1. The number of carbonyl (C=O) groups is 1. The number of nitrogens with one attached hydrogen (secondary N) is 1. The first-order valence-corrected chi connectivity index (χ1v) is 9.34. The zero-order chi connectivity index (χ0) is 20.4. The van der Waals surface area contributed by atoms with Crippen LogP contribution in [0.1, 0.15) is 11.1 Å². The number of amides is 1. The van der Waals surface area contributed by atoms with Crippen molar-refractivity contribution in [3.05, 3.63) is 77.2 Å². The first-order valence-electron chi connectivity index (χ1n) is 9.34. The van der Waals surface area contributed by atoms with E-state index in [9.17, 15) is 18.0 Å². The number of nitrogens with zero attached hydrogens (tertiary/aromatic N) is 1. The van der Waals surface area contributed by atoms with Gasteiger partial charge in [-0.25, -0.2) is 13.2 Å². The third kappa shape index (κ3) is 4.24. The van der Waals surface area contributed by atoms with Gasteiger partial charge in [-0.05, 0) is 24.1 Å². The Labute approximate surface area is 165 Å². The second-order valence-electron chi connectivity index (χ2n) is 7.19. The fourth-order valence-electron chi connectivity index (χ4n) is 3.73. The van der Waals surface area contributed by atoms with Crippen molar-refractivity contribution >= 4 is 16.8 Å². The Hall–Kier alpha value is -2.93. The van der Waals surface area contributed by atoms with E-state index in [1.54, 1.807) is 6.20 Å². The molecule has 0 saturated carbocycles. The average Bonchev–Trinajstić information content (AvgIpc) is 3.11. The highest BCUT2D eigenvalue weighted by Gasteiger charge is 2.30. The van der Waals surface area contributed by atoms with Crippen molar-refractivity contribution in [3.63, 3.8) is 0 Å². The minimum atomic E-state index is -1.07. The van der Waals surface area contributed by atoms with Crippen molar-refractivity contribution in [1.82, 2.24) is 10.3 Å². The van der Waals surface area contributed by atoms with Gasteiger partial charge < -0.3 is 10.1 Å². The number of para-hydroxylation sites is 1. The molecule has 7 heteroatoms. The fraction of sp³-hybridized carbons (Fsp3) is 0.273. The third-order valence-electron chi connectivity index (χ3n) is 5.21. The molecule has 1 aromatic heterocycles. The van der Waals surface area contributed by atoms with E-state index >= 15 is 0 Å². The molecule has 1 N–H and O–H groups in total. The summed E-state index contributed by atoms with van der Waals surface area (Å²) in [7, 11) is 0. The predicted octanol–water partition coefficient (Wildman–Crippen LogP) is 3.57. The van der Waals surface area contributed by atoms with Gasteiger partial charge in [0.2, 0.25) is 5.91 Å². The zero-order valence-corrected chi connectivity index (χ0v) is 15.5. The largest absolute Gasteiger partial charge is 0.379 e. The molecule has 0 bridgehead atoms. The van der Waals surface area contributed by atoms with Gasteiger partial charge in [-0.2, -0.15) is 0 Å². The molecular weight excluding hydrogens is 381 g/mol. The number of benzene rings is 2. The van der Waals surface area contributed by atoms with E-state index in [0.717, 1.165) is 16.5 Å². The Kier molecular flexibility index (Phi) is 5.49. The molecule has 0 unspecified atom stereocenters. The Morgan fingerprint density at radius 2 is 1.86 bits per heavy atom. The van der Waals surface area contributed by atoms with Crippen LogP contribution in [0.3, 0.4) is 0 Å². The van der Waals surface area contributed by atoms with Crippen LogP contribution in [0.5, 0.6) is 0 Å². The molecule has 2 atom stereocenters. The van der Waals surface area contributed by atoms with Gasteiger partial charge in [0.15, 0.2) is 0 Å². The van der Waals surface area contributed by atoms with Crippen molar-refractivity contribution in [1.29, 1.82) is 0 Å². The van der Waals surface area contributed by atoms with E-state index in [1.165, 1.54) is 0 Å². The molecule has 1 aliphatic heterocycles. The molecule has 0 spiro atoms. The summed E-state index contributed by atoms with van der Waals surface area (Å²) in [4.78, 5) is 16.7. The van der Waals surface area contributed by atoms with Crippen molar-refractivity contribution in [3.8, 4) is 0 Å². The normalized spacial score (nSPS) is 18.9. The number of hydrogen-bond acceptors (Lipinski definition) is 3. The van der Waals surface area contributed by atoms with Crippen molar-refractivity contribution in [2.75, 3.05) is 13.2 Å². The summed E-state index contributed by atoms with van der Waals surface area (Å²) in [6, 6.07) is 10.6. The van der Waals surface area contributed by atoms with Crippen LogP contribution in [-0.4, -0.2) is 30.1 Å². The highest BCUT2D eigenvalue weighted by Crippen LogP contribution is 2.24. The quantitative estimate of drug-likeness (QED) is 0.713. The summed E-state index contributed by atoms with van der Waals surface area (Å²) in [5, 5.41) is 3.85. The third-order valence-corrected chi connectivity index (χ3v) is 5.21. The molecule has 4 rings (SSSR count). The first-order chi connectivity index (χ1) is 14.0. The van der Waals surface area contributed by atoms with Crippen LogP contribution in [0.4, 0.5) is 13.2 Å². The topological polar surface area (TPSA) is 51.2 Å². The lowest BCUT2D eigenvalue weighted by atomic mass is 9.93. The van der Waals surface area contributed by atoms with Crippen LogP contribution < -0.4 is 5.32 Å². The lowest BCUT2D eigenvalue weighted by Crippen LogP contribution is -2.41. The van der Waals surface area contributed by atoms with E-state index in [2.05, 4.69) is 10.3 Å². The van der Waals surface area contributed by atoms with E-state index in [4.69, 9.17) is 4.74 Å². The van der Waals surface area contributed by atoms with Crippen LogP contribution in [0.25, 0.3) is 10.9 Å². The van der Waals surface area contributed by atoms with Crippen LogP contribution >= 0.6 is 0 Å². The van der Waals surface area contributed by atoms with E-state index in [1.807, 2.05) is 30.3 Å². The molecule has 1 aliphatic rings. The van der Waals surface area contributed by atoms with Gasteiger partial charge in [-0.3, -0.25) is 9.78 Å². The van der Waals surface area contributed by atoms with Crippen molar-refractivity contribution < 1.29 is 22.7 Å². The predicted molar refractivity (Wildman–Crippen MR) is 102 cm³/mol. The number of aromatic nitrogens is 1. The summed E-state index contributed by atoms with van der Waals surface area (Å²) in [5.74, 6) is -3.67. The Bertz CT molecular complexity index is 1030. The monoisotopic (exact) mass is 400 g/mol. The standard InChI is InChI=1S/C22H19F3N2O2/c23-15-8-18(24)17(19(25)9-15)10-22(28)27-21-12-29-11-14(21)7-13-5-6-26-20-4-2-1-3-16(13)20/h1-6,8-9,14,21H,7,10-12H2,(H,27,28)/t14-,21+/m1/s1. The maximum atomic E-state index is 13.8. The van der Waals surface area contributed by atoms with Crippen LogP contribution in [0, 0.1) is 23.4 Å². The molecule has 2 heterocycles. The lowest BCUT2D eigenvalue weighted by Gasteiger charge is -2.20. The molecule has 0 aliphatic carbocycles. The van der Waals surface area contributed by atoms with Gasteiger partial charge in [-0.1, -0.05) is 18.2 Å². The first kappa shape index (κ1) is 19.4. The number of rotatable bonds is 5. The van der Waals surface area contributed by atoms with Crippen molar-refractivity contribution in [2.45, 2.75) is 18.9 Å². The van der Waals surface area contributed by atoms with Crippen LogP contribution in [0.15, 0.2) is 48.7 Å². The van der Waals surface area contributed by atoms with Gasteiger partial charge in [0, 0.05) is 35.2 Å². The molecule has 3 aromatic rings. The molecule has 150 valence electrons. The zero-order valence-electron chi connectivity index (χ0n) is 15.5. The van der Waals surface area contributed by atoms with E-state index in [-0.39, 0.29) is 12.0 Å². The van der Waals surface area contributed by atoms with E-state index < -0.39 is 35.3 Å². The summed E-state index contributed by atoms with van der Waals surface area (Å²) >= 11 is 0. The molecule has 2 aromatic carbocycles. The van der Waals surface area contributed by atoms with E-state index in [0.29, 0.717) is 31.8 Å². The molecular formula is C22H19F3N2O2. The number of hydrogen-bond donors (Lipinski definition) is 1. The molecule has 0 radical (unpaired) electrons. The Balaban J connectivity index is 1.45. The summed E-state index contributed by atoms with van der Waals surface area (Å²) in [5.41, 5.74) is 1.55. The van der Waals surface area contributed by atoms with Crippen molar-refractivity contribution in [2.24, 2.45) is 5.92 Å². The van der Waals surface area contributed by atoms with Gasteiger partial charge in [-0.15, -0.1) is 0 Å². The highest BCUT2D eigenvalue weighted by molar-refractivity contribution is 5.82. The van der Waals surface area contributed by atoms with Gasteiger partial charge >= 0.3 is 0 Å². The second-order valence-corrected chi connectivity index (χ2v) is 7.19. The minimum Gasteiger partial charge on any atom is -0.379 e. The molecule has 1 saturated heterocycles. The maximum absolute atomic E-state index is 13.8. The fourth-order valence-corrected chi connectivity index (χ4v) is 3.73.